The second-order valence-corrected chi connectivity index (χ2v) is 5.45. The number of halogens is 1. The maximum absolute atomic E-state index is 12.6. The monoisotopic (exact) mass is 316 g/mol. The van der Waals surface area contributed by atoms with E-state index in [2.05, 4.69) is 0 Å². The van der Waals surface area contributed by atoms with E-state index in [-0.39, 0.29) is 16.9 Å². The average Bonchev–Trinajstić information content (AvgIpc) is 2.45. The Hall–Kier alpha value is -2.46. The van der Waals surface area contributed by atoms with Gasteiger partial charge in [-0.05, 0) is 49.7 Å². The minimum absolute atomic E-state index is 0.0391. The number of phenolic OH excluding ortho intramolecular Hbond substituents is 1. The largest absolute Gasteiger partial charge is 0.508 e. The molecule has 0 unspecified atom stereocenters. The molecule has 3 aromatic rings. The molecule has 0 atom stereocenters. The minimum Gasteiger partial charge on any atom is -0.508 e. The molecule has 2 aromatic carbocycles. The lowest BCUT2D eigenvalue weighted by atomic mass is 10.2. The summed E-state index contributed by atoms with van der Waals surface area (Å²) in [5.74, 6) is 1.05. The molecular weight excluding hydrogens is 304 g/mol. The van der Waals surface area contributed by atoms with Gasteiger partial charge in [0, 0.05) is 11.1 Å². The lowest BCUT2D eigenvalue weighted by Gasteiger charge is -2.11. The van der Waals surface area contributed by atoms with E-state index >= 15 is 0 Å². The van der Waals surface area contributed by atoms with Gasteiger partial charge in [0.25, 0.3) is 0 Å². The van der Waals surface area contributed by atoms with Crippen LogP contribution in [-0.4, -0.2) is 5.11 Å². The lowest BCUT2D eigenvalue weighted by Crippen LogP contribution is -2.07. The molecule has 0 amide bonds. The van der Waals surface area contributed by atoms with E-state index < -0.39 is 0 Å². The zero-order valence-electron chi connectivity index (χ0n) is 12.0. The van der Waals surface area contributed by atoms with Crippen LogP contribution in [-0.2, 0) is 0 Å². The van der Waals surface area contributed by atoms with Gasteiger partial charge < -0.3 is 14.3 Å². The average molecular weight is 317 g/mol. The Morgan fingerprint density at radius 2 is 1.91 bits per heavy atom. The van der Waals surface area contributed by atoms with Gasteiger partial charge in [0.15, 0.2) is 0 Å². The molecule has 0 bridgehead atoms. The summed E-state index contributed by atoms with van der Waals surface area (Å²) in [5.41, 5.74) is 0.855. The fourth-order valence-electron chi connectivity index (χ4n) is 2.23. The first-order valence-electron chi connectivity index (χ1n) is 6.66. The van der Waals surface area contributed by atoms with Crippen LogP contribution in [0.2, 0.25) is 5.02 Å². The number of benzene rings is 2. The third kappa shape index (κ3) is 2.53. The van der Waals surface area contributed by atoms with Crippen LogP contribution in [0.5, 0.6) is 17.2 Å². The van der Waals surface area contributed by atoms with E-state index in [9.17, 15) is 9.90 Å². The fraction of sp³-hybridized carbons (Fsp3) is 0.118. The minimum atomic E-state index is -0.284. The molecule has 22 heavy (non-hydrogen) atoms. The highest BCUT2D eigenvalue weighted by Gasteiger charge is 2.15. The Morgan fingerprint density at radius 1 is 1.14 bits per heavy atom. The van der Waals surface area contributed by atoms with E-state index in [4.69, 9.17) is 20.8 Å². The molecule has 5 heteroatoms. The Morgan fingerprint density at radius 3 is 2.64 bits per heavy atom. The van der Waals surface area contributed by atoms with Crippen LogP contribution in [0.1, 0.15) is 11.3 Å². The highest BCUT2D eigenvalue weighted by atomic mass is 35.5. The van der Waals surface area contributed by atoms with E-state index in [1.165, 1.54) is 18.2 Å². The van der Waals surface area contributed by atoms with Crippen LogP contribution in [0, 0.1) is 13.8 Å². The molecular formula is C17H13ClO4. The molecule has 0 aliphatic heterocycles. The second kappa shape index (κ2) is 5.39. The van der Waals surface area contributed by atoms with Gasteiger partial charge in [-0.15, -0.1) is 0 Å². The predicted molar refractivity (Wildman–Crippen MR) is 85.1 cm³/mol. The molecule has 0 saturated carbocycles. The zero-order chi connectivity index (χ0) is 15.9. The third-order valence-corrected chi connectivity index (χ3v) is 3.58. The number of hydrogen-bond donors (Lipinski definition) is 1. The van der Waals surface area contributed by atoms with Crippen molar-refractivity contribution in [3.05, 3.63) is 63.0 Å². The Bertz CT molecular complexity index is 928. The van der Waals surface area contributed by atoms with Gasteiger partial charge in [0.1, 0.15) is 22.8 Å². The van der Waals surface area contributed by atoms with Crippen LogP contribution in [0.15, 0.2) is 45.6 Å². The van der Waals surface area contributed by atoms with Gasteiger partial charge in [-0.3, -0.25) is 4.79 Å². The van der Waals surface area contributed by atoms with Gasteiger partial charge in [0.2, 0.25) is 11.2 Å². The Labute approximate surface area is 131 Å². The van der Waals surface area contributed by atoms with Crippen molar-refractivity contribution in [3.8, 4) is 17.2 Å². The fourth-order valence-corrected chi connectivity index (χ4v) is 2.46. The smallest absolute Gasteiger partial charge is 0.235 e. The van der Waals surface area contributed by atoms with Crippen molar-refractivity contribution in [2.24, 2.45) is 0 Å². The zero-order valence-corrected chi connectivity index (χ0v) is 12.8. The first-order valence-corrected chi connectivity index (χ1v) is 7.04. The molecule has 0 saturated heterocycles. The van der Waals surface area contributed by atoms with Crippen molar-refractivity contribution < 1.29 is 14.3 Å². The standard InChI is InChI=1S/C17H13ClO4/c1-9-7-11(18)3-6-14(9)22-17-10(2)21-15-8-12(19)4-5-13(15)16(17)20/h3-8,19H,1-2H3. The van der Waals surface area contributed by atoms with E-state index in [0.29, 0.717) is 27.5 Å². The van der Waals surface area contributed by atoms with E-state index in [0.717, 1.165) is 5.56 Å². The highest BCUT2D eigenvalue weighted by Crippen LogP contribution is 2.29. The van der Waals surface area contributed by atoms with Crippen molar-refractivity contribution in [2.75, 3.05) is 0 Å². The normalized spacial score (nSPS) is 10.9. The van der Waals surface area contributed by atoms with Crippen LogP contribution in [0.3, 0.4) is 0 Å². The number of hydrogen-bond acceptors (Lipinski definition) is 4. The number of rotatable bonds is 2. The van der Waals surface area contributed by atoms with Crippen LogP contribution in [0.25, 0.3) is 11.0 Å². The molecule has 1 N–H and O–H groups in total. The van der Waals surface area contributed by atoms with Gasteiger partial charge in [0.05, 0.1) is 5.39 Å². The molecule has 0 radical (unpaired) electrons. The maximum atomic E-state index is 12.6. The lowest BCUT2D eigenvalue weighted by molar-refractivity contribution is 0.432. The number of ether oxygens (including phenoxy) is 1. The molecule has 3 rings (SSSR count). The van der Waals surface area contributed by atoms with Crippen molar-refractivity contribution in [2.45, 2.75) is 13.8 Å². The molecule has 4 nitrogen and oxygen atoms in total. The maximum Gasteiger partial charge on any atom is 0.235 e. The van der Waals surface area contributed by atoms with Crippen LogP contribution >= 0.6 is 11.6 Å². The molecule has 0 aliphatic carbocycles. The molecule has 0 fully saturated rings. The summed E-state index contributed by atoms with van der Waals surface area (Å²) in [7, 11) is 0. The molecule has 0 aliphatic rings. The van der Waals surface area contributed by atoms with Gasteiger partial charge in [-0.2, -0.15) is 0 Å². The van der Waals surface area contributed by atoms with Gasteiger partial charge in [-0.1, -0.05) is 11.6 Å². The summed E-state index contributed by atoms with van der Waals surface area (Å²) in [5, 5.41) is 10.4. The first-order chi connectivity index (χ1) is 10.5. The van der Waals surface area contributed by atoms with Gasteiger partial charge in [-0.25, -0.2) is 0 Å². The van der Waals surface area contributed by atoms with Crippen molar-refractivity contribution in [3.63, 3.8) is 0 Å². The topological polar surface area (TPSA) is 59.7 Å². The number of phenols is 1. The molecule has 1 aromatic heterocycles. The first kappa shape index (κ1) is 14.5. The quantitative estimate of drug-likeness (QED) is 0.753. The summed E-state index contributed by atoms with van der Waals surface area (Å²) in [6.07, 6.45) is 0. The number of aromatic hydroxyl groups is 1. The summed E-state index contributed by atoms with van der Waals surface area (Å²) < 4.78 is 11.3. The highest BCUT2D eigenvalue weighted by molar-refractivity contribution is 6.30. The Balaban J connectivity index is 2.15. The summed E-state index contributed by atoms with van der Waals surface area (Å²) in [6, 6.07) is 9.51. The second-order valence-electron chi connectivity index (χ2n) is 5.01. The predicted octanol–water partition coefficient (Wildman–Crippen LogP) is 4.56. The van der Waals surface area contributed by atoms with Crippen LogP contribution in [0.4, 0.5) is 0 Å². The third-order valence-electron chi connectivity index (χ3n) is 3.35. The summed E-state index contributed by atoms with van der Waals surface area (Å²) in [4.78, 5) is 12.6. The summed E-state index contributed by atoms with van der Waals surface area (Å²) >= 11 is 5.92. The molecule has 112 valence electrons. The molecule has 1 heterocycles. The van der Waals surface area contributed by atoms with Crippen molar-refractivity contribution in [1.82, 2.24) is 0 Å². The van der Waals surface area contributed by atoms with Gasteiger partial charge >= 0.3 is 0 Å². The number of aryl methyl sites for hydroxylation is 2. The summed E-state index contributed by atoms with van der Waals surface area (Å²) in [6.45, 7) is 3.49. The number of fused-ring (bicyclic) bond motifs is 1. The molecule has 0 spiro atoms. The van der Waals surface area contributed by atoms with Crippen molar-refractivity contribution in [1.29, 1.82) is 0 Å². The van der Waals surface area contributed by atoms with E-state index in [1.807, 2.05) is 6.92 Å². The van der Waals surface area contributed by atoms with E-state index in [1.54, 1.807) is 25.1 Å². The SMILES string of the molecule is Cc1cc(Cl)ccc1Oc1c(C)oc2cc(O)ccc2c1=O. The Kier molecular flexibility index (Phi) is 3.54. The van der Waals surface area contributed by atoms with Crippen LogP contribution < -0.4 is 10.2 Å². The van der Waals surface area contributed by atoms with Crippen molar-refractivity contribution >= 4 is 22.6 Å².